The molecule has 0 aliphatic carbocycles. The number of benzene rings is 1. The van der Waals surface area contributed by atoms with Crippen molar-refractivity contribution in [1.29, 1.82) is 0 Å². The van der Waals surface area contributed by atoms with Gasteiger partial charge in [-0.05, 0) is 31.7 Å². The van der Waals surface area contributed by atoms with Gasteiger partial charge in [0.05, 0.1) is 15.2 Å². The molecule has 2 aromatic rings. The Kier molecular flexibility index (Phi) is 2.72. The largest absolute Gasteiger partial charge is 0.316 e. The summed E-state index contributed by atoms with van der Waals surface area (Å²) in [6.45, 7) is 2.85. The molecule has 0 fully saturated rings. The Morgan fingerprint density at radius 3 is 3.00 bits per heavy atom. The maximum absolute atomic E-state index is 6.01. The highest BCUT2D eigenvalue weighted by Crippen LogP contribution is 2.28. The van der Waals surface area contributed by atoms with E-state index in [0.717, 1.165) is 22.1 Å². The van der Waals surface area contributed by atoms with Gasteiger partial charge < -0.3 is 5.32 Å². The van der Waals surface area contributed by atoms with E-state index in [-0.39, 0.29) is 0 Å². The average molecular weight is 227 g/mol. The predicted octanol–water partition coefficient (Wildman–Crippen LogP) is 2.98. The molecule has 4 heteroatoms. The molecule has 0 aliphatic rings. The molecule has 1 heterocycles. The van der Waals surface area contributed by atoms with Crippen molar-refractivity contribution in [1.82, 2.24) is 10.3 Å². The Bertz CT molecular complexity index is 464. The Morgan fingerprint density at radius 1 is 1.50 bits per heavy atom. The highest BCUT2D eigenvalue weighted by atomic mass is 35.5. The molecule has 1 N–H and O–H groups in total. The Balaban J connectivity index is 2.66. The van der Waals surface area contributed by atoms with Crippen LogP contribution in [-0.4, -0.2) is 12.0 Å². The number of hydrogen-bond acceptors (Lipinski definition) is 3. The number of halogens is 1. The van der Waals surface area contributed by atoms with Gasteiger partial charge in [-0.2, -0.15) is 0 Å². The smallest absolute Gasteiger partial charge is 0.0907 e. The zero-order chi connectivity index (χ0) is 10.1. The van der Waals surface area contributed by atoms with Crippen LogP contribution in [0.4, 0.5) is 0 Å². The van der Waals surface area contributed by atoms with Gasteiger partial charge in [0.25, 0.3) is 0 Å². The fourth-order valence-electron chi connectivity index (χ4n) is 1.50. The maximum Gasteiger partial charge on any atom is 0.0907 e. The molecule has 0 spiro atoms. The Hall–Kier alpha value is -0.640. The topological polar surface area (TPSA) is 24.9 Å². The standard InChI is InChI=1S/C10H11ClN2S/c1-6-13-9-4-8(11)3-7(5-12-2)10(9)14-6/h3-4,12H,5H2,1-2H3. The van der Waals surface area contributed by atoms with Crippen molar-refractivity contribution in [3.8, 4) is 0 Å². The summed E-state index contributed by atoms with van der Waals surface area (Å²) < 4.78 is 1.24. The van der Waals surface area contributed by atoms with Crippen molar-refractivity contribution in [3.63, 3.8) is 0 Å². The molecule has 0 amide bonds. The zero-order valence-electron chi connectivity index (χ0n) is 8.10. The van der Waals surface area contributed by atoms with Gasteiger partial charge in [0.15, 0.2) is 0 Å². The summed E-state index contributed by atoms with van der Waals surface area (Å²) in [6.07, 6.45) is 0. The lowest BCUT2D eigenvalue weighted by Gasteiger charge is -2.01. The Labute approximate surface area is 91.9 Å². The molecule has 0 saturated heterocycles. The van der Waals surface area contributed by atoms with Crippen LogP contribution in [0.25, 0.3) is 10.2 Å². The summed E-state index contributed by atoms with van der Waals surface area (Å²) in [5.41, 5.74) is 2.23. The number of aromatic nitrogens is 1. The number of nitrogens with one attached hydrogen (secondary N) is 1. The van der Waals surface area contributed by atoms with E-state index in [9.17, 15) is 0 Å². The fraction of sp³-hybridized carbons (Fsp3) is 0.300. The Morgan fingerprint density at radius 2 is 2.29 bits per heavy atom. The summed E-state index contributed by atoms with van der Waals surface area (Å²) in [7, 11) is 1.93. The van der Waals surface area contributed by atoms with Gasteiger partial charge in [0.1, 0.15) is 0 Å². The lowest BCUT2D eigenvalue weighted by Crippen LogP contribution is -2.04. The highest BCUT2D eigenvalue weighted by molar-refractivity contribution is 7.18. The van der Waals surface area contributed by atoms with E-state index < -0.39 is 0 Å². The van der Waals surface area contributed by atoms with Crippen LogP contribution in [0.2, 0.25) is 5.02 Å². The number of hydrogen-bond donors (Lipinski definition) is 1. The number of aryl methyl sites for hydroxylation is 1. The monoisotopic (exact) mass is 226 g/mol. The molecule has 74 valence electrons. The summed E-state index contributed by atoms with van der Waals surface area (Å²) >= 11 is 7.72. The molecule has 0 unspecified atom stereocenters. The van der Waals surface area contributed by atoms with E-state index in [1.54, 1.807) is 11.3 Å². The first kappa shape index (κ1) is 9.90. The summed E-state index contributed by atoms with van der Waals surface area (Å²) in [6, 6.07) is 3.91. The van der Waals surface area contributed by atoms with E-state index in [4.69, 9.17) is 11.6 Å². The van der Waals surface area contributed by atoms with E-state index in [1.807, 2.05) is 26.1 Å². The molecule has 0 atom stereocenters. The number of nitrogens with zero attached hydrogens (tertiary/aromatic N) is 1. The average Bonchev–Trinajstić information content (AvgIpc) is 2.45. The van der Waals surface area contributed by atoms with Crippen LogP contribution < -0.4 is 5.32 Å². The van der Waals surface area contributed by atoms with Gasteiger partial charge in [-0.3, -0.25) is 0 Å². The van der Waals surface area contributed by atoms with E-state index >= 15 is 0 Å². The van der Waals surface area contributed by atoms with Gasteiger partial charge >= 0.3 is 0 Å². The highest BCUT2D eigenvalue weighted by Gasteiger charge is 2.06. The minimum Gasteiger partial charge on any atom is -0.316 e. The van der Waals surface area contributed by atoms with Gasteiger partial charge in [-0.25, -0.2) is 4.98 Å². The molecule has 0 radical (unpaired) electrons. The second-order valence-electron chi connectivity index (χ2n) is 3.18. The lowest BCUT2D eigenvalue weighted by atomic mass is 10.2. The van der Waals surface area contributed by atoms with Crippen molar-refractivity contribution in [2.45, 2.75) is 13.5 Å². The predicted molar refractivity (Wildman–Crippen MR) is 62.1 cm³/mol. The second-order valence-corrected chi connectivity index (χ2v) is 4.82. The molecule has 1 aromatic heterocycles. The SMILES string of the molecule is CNCc1cc(Cl)cc2nc(C)sc12. The van der Waals surface area contributed by atoms with Gasteiger partial charge in [-0.1, -0.05) is 11.6 Å². The van der Waals surface area contributed by atoms with Crippen LogP contribution in [0.15, 0.2) is 12.1 Å². The third kappa shape index (κ3) is 1.75. The van der Waals surface area contributed by atoms with Gasteiger partial charge in [-0.15, -0.1) is 11.3 Å². The molecular weight excluding hydrogens is 216 g/mol. The van der Waals surface area contributed by atoms with Crippen LogP contribution in [0.5, 0.6) is 0 Å². The third-order valence-corrected chi connectivity index (χ3v) is 3.29. The quantitative estimate of drug-likeness (QED) is 0.852. The first-order valence-electron chi connectivity index (χ1n) is 4.41. The number of fused-ring (bicyclic) bond motifs is 1. The lowest BCUT2D eigenvalue weighted by molar-refractivity contribution is 0.824. The van der Waals surface area contributed by atoms with Crippen LogP contribution >= 0.6 is 22.9 Å². The molecule has 0 saturated carbocycles. The normalized spacial score (nSPS) is 11.1. The maximum atomic E-state index is 6.01. The van der Waals surface area contributed by atoms with Gasteiger partial charge in [0.2, 0.25) is 0 Å². The van der Waals surface area contributed by atoms with Crippen LogP contribution in [0.3, 0.4) is 0 Å². The van der Waals surface area contributed by atoms with E-state index in [0.29, 0.717) is 0 Å². The number of rotatable bonds is 2. The summed E-state index contributed by atoms with van der Waals surface area (Å²) in [5, 5.41) is 4.97. The summed E-state index contributed by atoms with van der Waals surface area (Å²) in [4.78, 5) is 4.42. The number of thiazole rings is 1. The molecule has 0 bridgehead atoms. The minimum absolute atomic E-state index is 0.757. The summed E-state index contributed by atoms with van der Waals surface area (Å²) in [5.74, 6) is 0. The molecule has 2 nitrogen and oxygen atoms in total. The molecule has 2 rings (SSSR count). The van der Waals surface area contributed by atoms with Crippen molar-refractivity contribution < 1.29 is 0 Å². The van der Waals surface area contributed by atoms with E-state index in [2.05, 4.69) is 10.3 Å². The first-order chi connectivity index (χ1) is 6.70. The van der Waals surface area contributed by atoms with Crippen molar-refractivity contribution in [2.75, 3.05) is 7.05 Å². The first-order valence-corrected chi connectivity index (χ1v) is 5.60. The third-order valence-electron chi connectivity index (χ3n) is 2.01. The molecule has 14 heavy (non-hydrogen) atoms. The molecule has 1 aromatic carbocycles. The molecular formula is C10H11ClN2S. The van der Waals surface area contributed by atoms with Crippen molar-refractivity contribution >= 4 is 33.2 Å². The zero-order valence-corrected chi connectivity index (χ0v) is 9.67. The fourth-order valence-corrected chi connectivity index (χ4v) is 2.64. The van der Waals surface area contributed by atoms with E-state index in [1.165, 1.54) is 10.3 Å². The van der Waals surface area contributed by atoms with Crippen LogP contribution in [0, 0.1) is 6.92 Å². The van der Waals surface area contributed by atoms with Crippen molar-refractivity contribution in [3.05, 3.63) is 27.7 Å². The van der Waals surface area contributed by atoms with Crippen LogP contribution in [0.1, 0.15) is 10.6 Å². The van der Waals surface area contributed by atoms with Gasteiger partial charge in [0, 0.05) is 11.6 Å². The second kappa shape index (κ2) is 3.85. The molecule has 0 aliphatic heterocycles. The van der Waals surface area contributed by atoms with Crippen LogP contribution in [-0.2, 0) is 6.54 Å². The van der Waals surface area contributed by atoms with Crippen molar-refractivity contribution in [2.24, 2.45) is 0 Å². The minimum atomic E-state index is 0.757.